The van der Waals surface area contributed by atoms with Crippen LogP contribution < -0.4 is 0 Å². The van der Waals surface area contributed by atoms with Crippen LogP contribution in [0.5, 0.6) is 0 Å². The molecule has 1 N–H and O–H groups in total. The van der Waals surface area contributed by atoms with Gasteiger partial charge in [-0.05, 0) is 18.8 Å². The van der Waals surface area contributed by atoms with E-state index in [1.807, 2.05) is 0 Å². The summed E-state index contributed by atoms with van der Waals surface area (Å²) < 4.78 is 0. The van der Waals surface area contributed by atoms with Gasteiger partial charge in [0.2, 0.25) is 0 Å². The van der Waals surface area contributed by atoms with Crippen molar-refractivity contribution in [1.29, 1.82) is 0 Å². The molecule has 0 heterocycles. The Kier molecular flexibility index (Phi) is 1.28. The summed E-state index contributed by atoms with van der Waals surface area (Å²) in [6.07, 6.45) is 2.19. The molecular weight excluding hydrogens is 144 g/mol. The van der Waals surface area contributed by atoms with E-state index in [0.29, 0.717) is 12.3 Å². The third-order valence-electron chi connectivity index (χ3n) is 2.88. The van der Waals surface area contributed by atoms with Crippen molar-refractivity contribution in [3.8, 4) is 0 Å². The molecule has 2 bridgehead atoms. The lowest BCUT2D eigenvalue weighted by molar-refractivity contribution is -0.146. The van der Waals surface area contributed by atoms with Crippen molar-refractivity contribution in [3.05, 3.63) is 0 Å². The number of carboxylic acids is 1. The number of carboxylic acid groups (broad SMARTS) is 1. The molecule has 0 saturated heterocycles. The quantitative estimate of drug-likeness (QED) is 0.604. The molecule has 2 aliphatic carbocycles. The van der Waals surface area contributed by atoms with Gasteiger partial charge < -0.3 is 5.11 Å². The average Bonchev–Trinajstić information content (AvgIpc) is 2.43. The molecule has 0 aromatic carbocycles. The fourth-order valence-corrected chi connectivity index (χ4v) is 2.37. The Morgan fingerprint density at radius 3 is 2.55 bits per heavy atom. The first-order chi connectivity index (χ1) is 5.18. The molecule has 3 nitrogen and oxygen atoms in total. The molecule has 0 aliphatic heterocycles. The summed E-state index contributed by atoms with van der Waals surface area (Å²) in [4.78, 5) is 21.7. The maximum Gasteiger partial charge on any atom is 0.307 e. The van der Waals surface area contributed by atoms with Crippen molar-refractivity contribution >= 4 is 11.8 Å². The van der Waals surface area contributed by atoms with Gasteiger partial charge in [0.15, 0.2) is 0 Å². The third kappa shape index (κ3) is 0.870. The Hall–Kier alpha value is -0.860. The number of aliphatic carboxylic acids is 1. The normalized spacial score (nSPS) is 41.5. The first-order valence-corrected chi connectivity index (χ1v) is 3.94. The van der Waals surface area contributed by atoms with Crippen molar-refractivity contribution in [2.75, 3.05) is 0 Å². The van der Waals surface area contributed by atoms with Gasteiger partial charge in [-0.1, -0.05) is 0 Å². The molecular formula is C8H10O3. The van der Waals surface area contributed by atoms with E-state index in [4.69, 9.17) is 5.11 Å². The summed E-state index contributed by atoms with van der Waals surface area (Å²) in [5.41, 5.74) is 0. The lowest BCUT2D eigenvalue weighted by Gasteiger charge is -2.15. The van der Waals surface area contributed by atoms with Crippen LogP contribution in [0.1, 0.15) is 19.3 Å². The number of carbonyl (C=O) groups excluding carboxylic acids is 1. The van der Waals surface area contributed by atoms with Gasteiger partial charge in [0.1, 0.15) is 5.78 Å². The molecule has 2 aliphatic rings. The summed E-state index contributed by atoms with van der Waals surface area (Å²) in [5.74, 6) is -0.730. The van der Waals surface area contributed by atoms with E-state index in [2.05, 4.69) is 0 Å². The molecule has 11 heavy (non-hydrogen) atoms. The van der Waals surface area contributed by atoms with E-state index in [1.54, 1.807) is 0 Å². The lowest BCUT2D eigenvalue weighted by Crippen LogP contribution is -2.26. The molecule has 3 heteroatoms. The Balaban J connectivity index is 2.18. The number of hydrogen-bond donors (Lipinski definition) is 1. The van der Waals surface area contributed by atoms with Gasteiger partial charge in [0.25, 0.3) is 0 Å². The smallest absolute Gasteiger partial charge is 0.307 e. The van der Waals surface area contributed by atoms with E-state index in [9.17, 15) is 9.59 Å². The Morgan fingerprint density at radius 1 is 1.45 bits per heavy atom. The topological polar surface area (TPSA) is 54.4 Å². The highest BCUT2D eigenvalue weighted by molar-refractivity contribution is 5.89. The van der Waals surface area contributed by atoms with Gasteiger partial charge in [-0.3, -0.25) is 9.59 Å². The molecule has 0 aromatic heterocycles. The van der Waals surface area contributed by atoms with Crippen molar-refractivity contribution in [1.82, 2.24) is 0 Å². The minimum atomic E-state index is -0.787. The maximum atomic E-state index is 11.1. The van der Waals surface area contributed by atoms with Gasteiger partial charge >= 0.3 is 5.97 Å². The number of hydrogen-bond acceptors (Lipinski definition) is 2. The number of Topliss-reactive ketones (excluding diaryl/α,β-unsaturated/α-hetero) is 1. The van der Waals surface area contributed by atoms with Crippen LogP contribution in [-0.4, -0.2) is 16.9 Å². The molecule has 60 valence electrons. The average molecular weight is 154 g/mol. The summed E-state index contributed by atoms with van der Waals surface area (Å²) in [5, 5.41) is 8.70. The Bertz CT molecular complexity index is 221. The van der Waals surface area contributed by atoms with Gasteiger partial charge in [-0.15, -0.1) is 0 Å². The van der Waals surface area contributed by atoms with Crippen molar-refractivity contribution in [2.24, 2.45) is 17.8 Å². The third-order valence-corrected chi connectivity index (χ3v) is 2.88. The standard InChI is InChI=1S/C8H10O3/c9-7-3-4-1-5(7)6(2-4)8(10)11/h4-6H,1-3H2,(H,10,11)/t4-,5+,6?/m0/s1. The van der Waals surface area contributed by atoms with Crippen molar-refractivity contribution in [2.45, 2.75) is 19.3 Å². The second-order valence-corrected chi connectivity index (χ2v) is 3.56. The minimum absolute atomic E-state index is 0.141. The van der Waals surface area contributed by atoms with Gasteiger partial charge in [-0.2, -0.15) is 0 Å². The molecule has 2 rings (SSSR count). The number of rotatable bonds is 1. The zero-order chi connectivity index (χ0) is 8.01. The van der Waals surface area contributed by atoms with E-state index >= 15 is 0 Å². The van der Waals surface area contributed by atoms with E-state index < -0.39 is 5.97 Å². The van der Waals surface area contributed by atoms with E-state index in [1.165, 1.54) is 0 Å². The molecule has 0 amide bonds. The predicted octanol–water partition coefficient (Wildman–Crippen LogP) is 0.686. The van der Waals surface area contributed by atoms with Crippen LogP contribution in [0.15, 0.2) is 0 Å². The van der Waals surface area contributed by atoms with Crippen molar-refractivity contribution in [3.63, 3.8) is 0 Å². The van der Waals surface area contributed by atoms with E-state index in [-0.39, 0.29) is 17.6 Å². The second-order valence-electron chi connectivity index (χ2n) is 3.56. The minimum Gasteiger partial charge on any atom is -0.481 e. The molecule has 3 atom stereocenters. The predicted molar refractivity (Wildman–Crippen MR) is 37.0 cm³/mol. The summed E-state index contributed by atoms with van der Waals surface area (Å²) in [6, 6.07) is 0. The highest BCUT2D eigenvalue weighted by Crippen LogP contribution is 2.46. The number of carbonyl (C=O) groups is 2. The molecule has 1 unspecified atom stereocenters. The summed E-state index contributed by atoms with van der Waals surface area (Å²) >= 11 is 0. The van der Waals surface area contributed by atoms with Crippen molar-refractivity contribution < 1.29 is 14.7 Å². The zero-order valence-electron chi connectivity index (χ0n) is 6.12. The molecule has 0 spiro atoms. The summed E-state index contributed by atoms with van der Waals surface area (Å²) in [7, 11) is 0. The van der Waals surface area contributed by atoms with Crippen LogP contribution in [0, 0.1) is 17.8 Å². The SMILES string of the molecule is O=C(O)C1C[C@H]2CC(=O)[C@@H]1C2. The molecule has 0 radical (unpaired) electrons. The van der Waals surface area contributed by atoms with E-state index in [0.717, 1.165) is 12.8 Å². The molecule has 0 aromatic rings. The van der Waals surface area contributed by atoms with Crippen LogP contribution in [0.2, 0.25) is 0 Å². The molecule has 2 saturated carbocycles. The zero-order valence-corrected chi connectivity index (χ0v) is 6.12. The van der Waals surface area contributed by atoms with Crippen LogP contribution >= 0.6 is 0 Å². The maximum absolute atomic E-state index is 11.1. The largest absolute Gasteiger partial charge is 0.481 e. The van der Waals surface area contributed by atoms with Gasteiger partial charge in [-0.25, -0.2) is 0 Å². The highest BCUT2D eigenvalue weighted by Gasteiger charge is 2.48. The fraction of sp³-hybridized carbons (Fsp3) is 0.750. The van der Waals surface area contributed by atoms with Crippen LogP contribution in [0.4, 0.5) is 0 Å². The van der Waals surface area contributed by atoms with Crippen LogP contribution in [0.3, 0.4) is 0 Å². The highest BCUT2D eigenvalue weighted by atomic mass is 16.4. The first kappa shape index (κ1) is 6.83. The van der Waals surface area contributed by atoms with Gasteiger partial charge in [0, 0.05) is 12.3 Å². The fourth-order valence-electron chi connectivity index (χ4n) is 2.37. The van der Waals surface area contributed by atoms with Gasteiger partial charge in [0.05, 0.1) is 5.92 Å². The summed E-state index contributed by atoms with van der Waals surface area (Å²) in [6.45, 7) is 0. The number of ketones is 1. The van der Waals surface area contributed by atoms with Crippen LogP contribution in [-0.2, 0) is 9.59 Å². The number of fused-ring (bicyclic) bond motifs is 2. The second kappa shape index (κ2) is 2.06. The first-order valence-electron chi connectivity index (χ1n) is 3.94. The Morgan fingerprint density at radius 2 is 2.18 bits per heavy atom. The monoisotopic (exact) mass is 154 g/mol. The lowest BCUT2D eigenvalue weighted by atomic mass is 9.88. The Labute approximate surface area is 64.4 Å². The molecule has 2 fully saturated rings. The van der Waals surface area contributed by atoms with Crippen LogP contribution in [0.25, 0.3) is 0 Å².